The van der Waals surface area contributed by atoms with Crippen LogP contribution in [0.15, 0.2) is 150 Å². The molecule has 21 heteroatoms. The summed E-state index contributed by atoms with van der Waals surface area (Å²) in [6.45, 7) is 14.8. The summed E-state index contributed by atoms with van der Waals surface area (Å²) in [7, 11) is 2.70. The third kappa shape index (κ3) is 43.6. The number of hydrogen-bond donors (Lipinski definition) is 7. The fourth-order valence-electron chi connectivity index (χ4n) is 6.11. The number of aliphatic hydroxyl groups excluding tert-OH is 4. The molecular weight excluding hydrogens is 1080 g/mol. The number of carbonyl (C=O) groups is 5. The number of rotatable bonds is 8. The number of benzene rings is 5. The number of aldehydes is 1. The van der Waals surface area contributed by atoms with Crippen LogP contribution in [0, 0.1) is 0 Å². The molecule has 0 aliphatic carbocycles. The molecule has 0 radical (unpaired) electrons. The molecule has 5 aromatic rings. The van der Waals surface area contributed by atoms with E-state index in [0.717, 1.165) is 101 Å². The van der Waals surface area contributed by atoms with E-state index in [4.69, 9.17) is 30.3 Å². The summed E-state index contributed by atoms with van der Waals surface area (Å²) in [5.74, 6) is -1.38. The predicted octanol–water partition coefficient (Wildman–Crippen LogP) is 3.78. The molecule has 4 aliphatic heterocycles. The molecule has 5 aromatic carbocycles. The Kier molecular flexibility index (Phi) is 49.5. The molecule has 0 saturated carbocycles. The van der Waals surface area contributed by atoms with Crippen molar-refractivity contribution in [3.8, 4) is 0 Å². The Morgan fingerprint density at radius 2 is 0.859 bits per heavy atom. The Morgan fingerprint density at radius 1 is 0.577 bits per heavy atom. The van der Waals surface area contributed by atoms with Crippen LogP contribution in [-0.2, 0) is 48.3 Å². The number of carbonyl (C=O) groups excluding carboxylic acids is 4. The molecular formula is C57H82BrClLiN5O13. The number of β-amino-alcohol motifs (C(OH)–C–C–N with tert-alkyl or cyclic N) is 4. The number of aliphatic carboxylic acids is 1. The van der Waals surface area contributed by atoms with Gasteiger partial charge in [0.25, 0.3) is 5.97 Å². The average Bonchev–Trinajstić information content (AvgIpc) is 3.34. The van der Waals surface area contributed by atoms with Gasteiger partial charge in [0, 0.05) is 115 Å². The maximum atomic E-state index is 10.6. The molecule has 0 aromatic heterocycles. The van der Waals surface area contributed by atoms with Crippen molar-refractivity contribution in [3.05, 3.63) is 172 Å². The molecule has 0 unspecified atom stereocenters. The van der Waals surface area contributed by atoms with E-state index in [0.29, 0.717) is 0 Å². The fourth-order valence-corrected chi connectivity index (χ4v) is 6.51. The van der Waals surface area contributed by atoms with Gasteiger partial charge in [-0.2, -0.15) is 0 Å². The molecule has 0 bridgehead atoms. The number of ether oxygens (including phenoxy) is 2. The van der Waals surface area contributed by atoms with E-state index in [1.807, 2.05) is 97.1 Å². The number of hydrogen-bond acceptors (Lipinski definition) is 16. The minimum Gasteiger partial charge on any atom is -0.870 e. The zero-order chi connectivity index (χ0) is 55.1. The van der Waals surface area contributed by atoms with Crippen molar-refractivity contribution in [2.75, 3.05) is 71.9 Å². The van der Waals surface area contributed by atoms with Crippen LogP contribution in [0.1, 0.15) is 62.2 Å². The van der Waals surface area contributed by atoms with Crippen molar-refractivity contribution in [2.24, 2.45) is 0 Å². The fraction of sp³-hybridized carbons (Fsp3) is 0.386. The number of carboxylic acid groups (broad SMARTS) is 1. The van der Waals surface area contributed by atoms with E-state index in [1.54, 1.807) is 12.1 Å². The number of halogens is 2. The standard InChI is InChI=1S/3C10H13NO.C8H8BrNO.C7H6O.C3H7NO.2C3H6O2.C2H4O2.CH4.ClH.Li.H2O/c3*12-10-7-11(8-10)6-9-4-2-1-3-5-9;1-6(11)10-8-4-2-3-7(9)5-8;8-6-7-4-2-1-3-5-7;5-3-1-4-2-3;2*1-3(4)5-2;1-2(3)4;;;;/h3*1-5,10,12H,6-8H2;2-5H,1H3,(H,10,11);1-6H;3-5H,1-2H2;2*1-2H3;1H3,(H,3,4);1H4;1H;;1H2/q;;;;;;;;;;;+1;/p-1. The number of nitrogens with one attached hydrogen (secondary N) is 2. The summed E-state index contributed by atoms with van der Waals surface area (Å²) >= 11 is 3.30. The van der Waals surface area contributed by atoms with Crippen molar-refractivity contribution in [2.45, 2.75) is 79.2 Å². The maximum absolute atomic E-state index is 10.6. The van der Waals surface area contributed by atoms with Gasteiger partial charge in [0.15, 0.2) is 0 Å². The monoisotopic (exact) mass is 1170 g/mol. The van der Waals surface area contributed by atoms with Gasteiger partial charge in [0.1, 0.15) is 6.29 Å². The Morgan fingerprint density at radius 3 is 1.05 bits per heavy atom. The van der Waals surface area contributed by atoms with Gasteiger partial charge in [0.05, 0.1) is 38.6 Å². The molecule has 9 rings (SSSR count). The Hall–Kier alpha value is -5.34. The summed E-state index contributed by atoms with van der Waals surface area (Å²) in [6, 6.07) is 47.6. The molecule has 4 saturated heterocycles. The zero-order valence-electron chi connectivity index (χ0n) is 45.2. The van der Waals surface area contributed by atoms with Crippen molar-refractivity contribution < 1.29 is 83.3 Å². The molecule has 8 N–H and O–H groups in total. The average molecular weight is 1170 g/mol. The van der Waals surface area contributed by atoms with Gasteiger partial charge in [0.2, 0.25) is 5.91 Å². The van der Waals surface area contributed by atoms with Gasteiger partial charge in [-0.25, -0.2) is 0 Å². The van der Waals surface area contributed by atoms with E-state index in [-0.39, 0.29) is 86.4 Å². The zero-order valence-corrected chi connectivity index (χ0v) is 47.6. The van der Waals surface area contributed by atoms with Crippen LogP contribution in [0.3, 0.4) is 0 Å². The van der Waals surface area contributed by atoms with Crippen LogP contribution in [0.5, 0.6) is 0 Å². The number of nitrogens with zero attached hydrogens (tertiary/aromatic N) is 3. The summed E-state index contributed by atoms with van der Waals surface area (Å²) in [6.07, 6.45) is 0.520. The van der Waals surface area contributed by atoms with Crippen LogP contribution < -0.4 is 29.5 Å². The second-order valence-electron chi connectivity index (χ2n) is 16.9. The number of aliphatic hydroxyl groups is 4. The molecule has 4 aliphatic rings. The largest absolute Gasteiger partial charge is 1.00 e. The normalized spacial score (nSPS) is 13.8. The van der Waals surface area contributed by atoms with Crippen molar-refractivity contribution in [1.82, 2.24) is 20.0 Å². The van der Waals surface area contributed by atoms with E-state index < -0.39 is 5.97 Å². The molecule has 0 atom stereocenters. The van der Waals surface area contributed by atoms with Crippen molar-refractivity contribution >= 4 is 64.1 Å². The van der Waals surface area contributed by atoms with E-state index in [2.05, 4.69) is 87.1 Å². The maximum Gasteiger partial charge on any atom is 1.00 e. The topological polar surface area (TPSA) is 269 Å². The third-order valence-corrected chi connectivity index (χ3v) is 10.5. The number of carboxylic acids is 1. The summed E-state index contributed by atoms with van der Waals surface area (Å²) < 4.78 is 9.18. The van der Waals surface area contributed by atoms with Crippen LogP contribution in [0.4, 0.5) is 5.69 Å². The van der Waals surface area contributed by atoms with Gasteiger partial charge < -0.3 is 51.1 Å². The van der Waals surface area contributed by atoms with Gasteiger partial charge in [-0.15, -0.1) is 12.4 Å². The number of amides is 1. The first-order valence-electron chi connectivity index (χ1n) is 23.9. The third-order valence-electron chi connectivity index (χ3n) is 9.98. The quantitative estimate of drug-likeness (QED) is 0.0662. The SMILES string of the molecule is C.CC(=O)Nc1cccc(Br)c1.CC(=O)O.COC(C)=O.COC(C)=O.Cl.O=Cc1ccccc1.OC1CN(Cc2ccccc2)C1.OC1CN(Cc2ccccc2)C1.OC1CN(Cc2ccccc2)C1.OC1CNC1.[Li+].[OH-]. The summed E-state index contributed by atoms with van der Waals surface area (Å²) in [5.41, 5.74) is 5.51. The molecule has 4 heterocycles. The first kappa shape index (κ1) is 79.1. The van der Waals surface area contributed by atoms with Gasteiger partial charge >= 0.3 is 30.8 Å². The first-order valence-corrected chi connectivity index (χ1v) is 24.6. The molecule has 78 heavy (non-hydrogen) atoms. The van der Waals surface area contributed by atoms with E-state index >= 15 is 0 Å². The van der Waals surface area contributed by atoms with Gasteiger partial charge in [-0.1, -0.05) is 151 Å². The second kappa shape index (κ2) is 48.8. The second-order valence-corrected chi connectivity index (χ2v) is 17.9. The minimum atomic E-state index is -0.833. The minimum absolute atomic E-state index is 0. The smallest absolute Gasteiger partial charge is 0.870 e. The Labute approximate surface area is 488 Å². The summed E-state index contributed by atoms with van der Waals surface area (Å²) in [4.78, 5) is 55.5. The number of anilines is 1. The molecule has 1 amide bonds. The van der Waals surface area contributed by atoms with E-state index in [1.165, 1.54) is 51.7 Å². The van der Waals surface area contributed by atoms with Gasteiger partial charge in [-0.3, -0.25) is 38.7 Å². The van der Waals surface area contributed by atoms with Crippen LogP contribution in [0.2, 0.25) is 0 Å². The Bertz CT molecular complexity index is 2120. The molecule has 428 valence electrons. The number of esters is 2. The van der Waals surface area contributed by atoms with E-state index in [9.17, 15) is 19.2 Å². The van der Waals surface area contributed by atoms with Crippen molar-refractivity contribution in [3.63, 3.8) is 0 Å². The first-order chi connectivity index (χ1) is 35.3. The van der Waals surface area contributed by atoms with Gasteiger partial charge in [-0.05, 0) is 34.9 Å². The Balaban J connectivity index is -0.000000403. The van der Waals surface area contributed by atoms with Crippen LogP contribution in [-0.4, -0.2) is 167 Å². The number of methoxy groups -OCH3 is 2. The molecule has 18 nitrogen and oxygen atoms in total. The number of likely N-dealkylation sites (tertiary alicyclic amines) is 3. The predicted molar refractivity (Wildman–Crippen MR) is 307 cm³/mol. The summed E-state index contributed by atoms with van der Waals surface area (Å²) in [5, 5.41) is 48.6. The molecule has 4 fully saturated rings. The van der Waals surface area contributed by atoms with Crippen LogP contribution >= 0.6 is 28.3 Å². The van der Waals surface area contributed by atoms with Crippen molar-refractivity contribution in [1.29, 1.82) is 0 Å². The molecule has 0 spiro atoms. The van der Waals surface area contributed by atoms with Crippen LogP contribution in [0.25, 0.3) is 0 Å².